The minimum absolute atomic E-state index is 0.00504. The van der Waals surface area contributed by atoms with Crippen LogP contribution in [0.5, 0.6) is 0 Å². The number of allylic oxidation sites excluding steroid dienone is 1. The Morgan fingerprint density at radius 2 is 1.69 bits per heavy atom. The first-order valence-corrected chi connectivity index (χ1v) is 14.7. The lowest BCUT2D eigenvalue weighted by Crippen LogP contribution is -2.64. The quantitative estimate of drug-likeness (QED) is 0.340. The van der Waals surface area contributed by atoms with Crippen molar-refractivity contribution in [3.63, 3.8) is 0 Å². The Labute approximate surface area is 219 Å². The molecule has 4 fully saturated rings. The molecule has 0 aromatic rings. The Kier molecular flexibility index (Phi) is 6.00. The first-order chi connectivity index (χ1) is 16.7. The highest BCUT2D eigenvalue weighted by Crippen LogP contribution is 2.75. The molecule has 0 aromatic carbocycles. The van der Waals surface area contributed by atoms with Crippen LogP contribution in [0, 0.1) is 50.7 Å². The Bertz CT molecular complexity index is 992. The molecule has 4 nitrogen and oxygen atoms in total. The van der Waals surface area contributed by atoms with Gasteiger partial charge in [-0.15, -0.1) is 0 Å². The molecule has 202 valence electrons. The molecular formula is C32H50O4. The molecular weight excluding hydrogens is 448 g/mol. The van der Waals surface area contributed by atoms with Crippen molar-refractivity contribution in [2.24, 2.45) is 50.7 Å². The largest absolute Gasteiger partial charge is 0.462 e. The summed E-state index contributed by atoms with van der Waals surface area (Å²) in [5, 5.41) is 10.7. The standard InChI is InChI=1S/C32H50O4/c1-19(2)26-22(35)17-32(18-33)16-15-30(7)21(27(26)32)9-10-24-29(6)13-12-25(36-20(3)34)28(4,5)23(29)11-14-31(24,30)8/h19,23-26,33H,9-18H2,1-8H3/t23-,24+,25-,26?,29-,30+,31+,32-/m0/s1. The number of fused-ring (bicyclic) bond motifs is 6. The number of hydrogen-bond donors (Lipinski definition) is 1. The van der Waals surface area contributed by atoms with E-state index in [4.69, 9.17) is 4.74 Å². The minimum Gasteiger partial charge on any atom is -0.462 e. The number of ether oxygens (including phenoxy) is 1. The van der Waals surface area contributed by atoms with Gasteiger partial charge >= 0.3 is 5.97 Å². The zero-order valence-electron chi connectivity index (χ0n) is 24.1. The lowest BCUT2D eigenvalue weighted by Gasteiger charge is -2.70. The second kappa shape index (κ2) is 8.17. The van der Waals surface area contributed by atoms with Gasteiger partial charge in [-0.3, -0.25) is 9.59 Å². The molecule has 0 saturated heterocycles. The lowest BCUT2D eigenvalue weighted by atomic mass is 9.34. The van der Waals surface area contributed by atoms with E-state index in [1.165, 1.54) is 24.8 Å². The van der Waals surface area contributed by atoms with Gasteiger partial charge in [0.05, 0.1) is 6.61 Å². The summed E-state index contributed by atoms with van der Waals surface area (Å²) in [5.74, 6) is 1.63. The summed E-state index contributed by atoms with van der Waals surface area (Å²) in [6.07, 6.45) is 9.24. The van der Waals surface area contributed by atoms with Crippen LogP contribution in [0.25, 0.3) is 0 Å². The molecule has 4 heteroatoms. The summed E-state index contributed by atoms with van der Waals surface area (Å²) < 4.78 is 5.88. The van der Waals surface area contributed by atoms with Crippen molar-refractivity contribution in [3.05, 3.63) is 11.1 Å². The fourth-order valence-electron chi connectivity index (χ4n) is 11.2. The zero-order valence-corrected chi connectivity index (χ0v) is 24.1. The van der Waals surface area contributed by atoms with Gasteiger partial charge in [0, 0.05) is 30.1 Å². The fourth-order valence-corrected chi connectivity index (χ4v) is 11.2. The van der Waals surface area contributed by atoms with E-state index in [1.54, 1.807) is 12.5 Å². The number of hydrogen-bond acceptors (Lipinski definition) is 4. The summed E-state index contributed by atoms with van der Waals surface area (Å²) >= 11 is 0. The minimum atomic E-state index is -0.310. The second-order valence-corrected chi connectivity index (χ2v) is 15.1. The molecule has 36 heavy (non-hydrogen) atoms. The first kappa shape index (κ1) is 26.4. The Hall–Kier alpha value is -1.16. The maximum atomic E-state index is 13.3. The molecule has 0 amide bonds. The van der Waals surface area contributed by atoms with E-state index in [2.05, 4.69) is 48.5 Å². The molecule has 5 aliphatic carbocycles. The average Bonchev–Trinajstić information content (AvgIpc) is 3.09. The predicted octanol–water partition coefficient (Wildman–Crippen LogP) is 6.89. The van der Waals surface area contributed by atoms with Crippen LogP contribution in [0.15, 0.2) is 11.1 Å². The van der Waals surface area contributed by atoms with Crippen molar-refractivity contribution in [2.45, 2.75) is 119 Å². The summed E-state index contributed by atoms with van der Waals surface area (Å²) in [6, 6.07) is 0. The molecule has 0 heterocycles. The summed E-state index contributed by atoms with van der Waals surface area (Å²) in [7, 11) is 0. The van der Waals surface area contributed by atoms with E-state index in [0.717, 1.165) is 32.1 Å². The molecule has 4 saturated carbocycles. The number of rotatable bonds is 3. The van der Waals surface area contributed by atoms with Gasteiger partial charge < -0.3 is 9.84 Å². The van der Waals surface area contributed by atoms with Crippen LogP contribution in [0.4, 0.5) is 0 Å². The molecule has 5 aliphatic rings. The van der Waals surface area contributed by atoms with Crippen LogP contribution in [-0.4, -0.2) is 29.6 Å². The highest BCUT2D eigenvalue weighted by atomic mass is 16.5. The van der Waals surface area contributed by atoms with E-state index in [-0.39, 0.29) is 57.6 Å². The number of carbonyl (C=O) groups is 2. The van der Waals surface area contributed by atoms with Gasteiger partial charge in [-0.05, 0) is 85.4 Å². The van der Waals surface area contributed by atoms with Crippen LogP contribution < -0.4 is 0 Å². The maximum Gasteiger partial charge on any atom is 0.302 e. The fraction of sp³-hybridized carbons (Fsp3) is 0.875. The monoisotopic (exact) mass is 498 g/mol. The SMILES string of the molecule is CC(=O)O[C@H]1CC[C@]2(C)[C@H]3CCC4=C5C(C(C)C)C(=O)C[C@]5(CO)CC[C@@]4(C)[C@]3(C)CC[C@H]2C1(C)C. The zero-order chi connectivity index (χ0) is 26.5. The van der Waals surface area contributed by atoms with Gasteiger partial charge in [0.15, 0.2) is 0 Å². The van der Waals surface area contributed by atoms with Crippen LogP contribution in [0.2, 0.25) is 0 Å². The number of aliphatic hydroxyl groups excluding tert-OH is 1. The molecule has 5 rings (SSSR count). The highest BCUT2D eigenvalue weighted by molar-refractivity contribution is 5.90. The van der Waals surface area contributed by atoms with Gasteiger partial charge in [-0.1, -0.05) is 59.6 Å². The average molecular weight is 499 g/mol. The molecule has 0 spiro atoms. The smallest absolute Gasteiger partial charge is 0.302 e. The third-order valence-electron chi connectivity index (χ3n) is 13.0. The molecule has 0 radical (unpaired) electrons. The van der Waals surface area contributed by atoms with Crippen molar-refractivity contribution in [1.29, 1.82) is 0 Å². The van der Waals surface area contributed by atoms with E-state index in [0.29, 0.717) is 24.0 Å². The van der Waals surface area contributed by atoms with Crippen molar-refractivity contribution in [3.8, 4) is 0 Å². The first-order valence-electron chi connectivity index (χ1n) is 14.7. The number of ketones is 1. The van der Waals surface area contributed by atoms with E-state index >= 15 is 0 Å². The molecule has 0 aliphatic heterocycles. The van der Waals surface area contributed by atoms with Gasteiger partial charge in [0.2, 0.25) is 0 Å². The summed E-state index contributed by atoms with van der Waals surface area (Å²) in [6.45, 7) is 18.4. The van der Waals surface area contributed by atoms with Gasteiger partial charge in [0.25, 0.3) is 0 Å². The number of Topliss-reactive ketones (excluding diaryl/α,β-unsaturated/α-hetero) is 1. The van der Waals surface area contributed by atoms with Gasteiger partial charge in [-0.25, -0.2) is 0 Å². The summed E-state index contributed by atoms with van der Waals surface area (Å²) in [5.41, 5.74) is 3.06. The lowest BCUT2D eigenvalue weighted by molar-refractivity contribution is -0.213. The van der Waals surface area contributed by atoms with E-state index in [9.17, 15) is 14.7 Å². The third-order valence-corrected chi connectivity index (χ3v) is 13.0. The number of esters is 1. The van der Waals surface area contributed by atoms with Crippen molar-refractivity contribution in [2.75, 3.05) is 6.61 Å². The third kappa shape index (κ3) is 3.21. The number of carbonyl (C=O) groups excluding carboxylic acids is 2. The highest BCUT2D eigenvalue weighted by Gasteiger charge is 2.68. The predicted molar refractivity (Wildman–Crippen MR) is 142 cm³/mol. The maximum absolute atomic E-state index is 13.3. The van der Waals surface area contributed by atoms with Gasteiger partial charge in [-0.2, -0.15) is 0 Å². The molecule has 0 bridgehead atoms. The molecule has 0 aromatic heterocycles. The molecule has 1 N–H and O–H groups in total. The van der Waals surface area contributed by atoms with Gasteiger partial charge in [0.1, 0.15) is 11.9 Å². The van der Waals surface area contributed by atoms with Crippen LogP contribution in [0.1, 0.15) is 113 Å². The Morgan fingerprint density at radius 1 is 1.00 bits per heavy atom. The van der Waals surface area contributed by atoms with E-state index < -0.39 is 0 Å². The number of aliphatic hydroxyl groups is 1. The van der Waals surface area contributed by atoms with Crippen molar-refractivity contribution >= 4 is 11.8 Å². The Balaban J connectivity index is 1.58. The second-order valence-electron chi connectivity index (χ2n) is 15.1. The summed E-state index contributed by atoms with van der Waals surface area (Å²) in [4.78, 5) is 25.2. The van der Waals surface area contributed by atoms with Crippen molar-refractivity contribution < 1.29 is 19.4 Å². The van der Waals surface area contributed by atoms with Crippen molar-refractivity contribution in [1.82, 2.24) is 0 Å². The molecule has 1 unspecified atom stereocenters. The van der Waals surface area contributed by atoms with Crippen LogP contribution >= 0.6 is 0 Å². The normalized spacial score (nSPS) is 47.7. The van der Waals surface area contributed by atoms with E-state index in [1.807, 2.05) is 0 Å². The topological polar surface area (TPSA) is 63.6 Å². The van der Waals surface area contributed by atoms with Crippen LogP contribution in [0.3, 0.4) is 0 Å². The Morgan fingerprint density at radius 3 is 2.31 bits per heavy atom. The molecule has 8 atom stereocenters. The van der Waals surface area contributed by atoms with Crippen LogP contribution in [-0.2, 0) is 14.3 Å².